The van der Waals surface area contributed by atoms with Crippen molar-refractivity contribution in [1.29, 1.82) is 0 Å². The molecular formula is C34H36O9. The number of benzene rings is 2. The average molecular weight is 589 g/mol. The fourth-order valence-corrected chi connectivity index (χ4v) is 6.27. The molecule has 0 amide bonds. The van der Waals surface area contributed by atoms with Gasteiger partial charge in [0.05, 0.1) is 18.9 Å². The summed E-state index contributed by atoms with van der Waals surface area (Å²) in [5.74, 6) is 3.77. The zero-order valence-corrected chi connectivity index (χ0v) is 24.3. The van der Waals surface area contributed by atoms with Crippen LogP contribution in [0.1, 0.15) is 86.5 Å². The third-order valence-electron chi connectivity index (χ3n) is 8.91. The quantitative estimate of drug-likeness (QED) is 0.179. The van der Waals surface area contributed by atoms with Crippen molar-refractivity contribution < 1.29 is 44.3 Å². The molecule has 1 fully saturated rings. The summed E-state index contributed by atoms with van der Waals surface area (Å²) in [4.78, 5) is 38.2. The van der Waals surface area contributed by atoms with Crippen molar-refractivity contribution in [1.82, 2.24) is 0 Å². The predicted molar refractivity (Wildman–Crippen MR) is 155 cm³/mol. The van der Waals surface area contributed by atoms with Crippen LogP contribution in [0.25, 0.3) is 0 Å². The van der Waals surface area contributed by atoms with Crippen LogP contribution in [0.4, 0.5) is 0 Å². The van der Waals surface area contributed by atoms with Crippen LogP contribution in [-0.4, -0.2) is 49.9 Å². The summed E-state index contributed by atoms with van der Waals surface area (Å²) < 4.78 is 11.5. The lowest BCUT2D eigenvalue weighted by molar-refractivity contribution is -0.169. The van der Waals surface area contributed by atoms with Crippen molar-refractivity contribution in [2.45, 2.75) is 88.9 Å². The number of hydrogen-bond acceptors (Lipinski definition) is 9. The Balaban J connectivity index is 1.63. The maximum atomic E-state index is 13.7. The maximum Gasteiger partial charge on any atom is 0.334 e. The van der Waals surface area contributed by atoms with E-state index in [9.17, 15) is 34.8 Å². The highest BCUT2D eigenvalue weighted by molar-refractivity contribution is 5.89. The summed E-state index contributed by atoms with van der Waals surface area (Å²) in [6.07, 6.45) is 2.14. The minimum Gasteiger partial charge on any atom is -0.508 e. The molecule has 0 spiro atoms. The van der Waals surface area contributed by atoms with Gasteiger partial charge in [-0.3, -0.25) is 9.59 Å². The van der Waals surface area contributed by atoms with E-state index in [1.165, 1.54) is 18.2 Å². The first-order valence-electron chi connectivity index (χ1n) is 14.6. The third-order valence-corrected chi connectivity index (χ3v) is 8.91. The van der Waals surface area contributed by atoms with Gasteiger partial charge in [0.1, 0.15) is 34.7 Å². The first kappa shape index (κ1) is 30.3. The molecule has 5 rings (SSSR count). The number of ketones is 1. The van der Waals surface area contributed by atoms with E-state index in [-0.39, 0.29) is 60.4 Å². The zero-order chi connectivity index (χ0) is 30.9. The summed E-state index contributed by atoms with van der Waals surface area (Å²) in [6, 6.07) is 7.69. The second-order valence-electron chi connectivity index (χ2n) is 11.8. The van der Waals surface area contributed by atoms with Crippen molar-refractivity contribution in [3.63, 3.8) is 0 Å². The first-order valence-corrected chi connectivity index (χ1v) is 14.6. The maximum absolute atomic E-state index is 13.7. The van der Waals surface area contributed by atoms with Crippen molar-refractivity contribution >= 4 is 17.7 Å². The van der Waals surface area contributed by atoms with Gasteiger partial charge < -0.3 is 29.9 Å². The lowest BCUT2D eigenvalue weighted by atomic mass is 9.73. The van der Waals surface area contributed by atoms with E-state index in [0.29, 0.717) is 47.9 Å². The van der Waals surface area contributed by atoms with Crippen molar-refractivity contribution in [3.05, 3.63) is 64.2 Å². The van der Waals surface area contributed by atoms with Crippen LogP contribution in [0.3, 0.4) is 0 Å². The van der Waals surface area contributed by atoms with Gasteiger partial charge >= 0.3 is 11.9 Å². The number of Topliss-reactive ketones (excluding diaryl/α,β-unsaturated/α-hetero) is 1. The monoisotopic (exact) mass is 588 g/mol. The Hall–Kier alpha value is -4.13. The molecule has 226 valence electrons. The number of phenolic OH excluding ortho intramolecular Hbond substituents is 2. The lowest BCUT2D eigenvalue weighted by Gasteiger charge is -2.40. The highest BCUT2D eigenvalue weighted by Crippen LogP contribution is 2.42. The van der Waals surface area contributed by atoms with Gasteiger partial charge in [0.2, 0.25) is 0 Å². The Morgan fingerprint density at radius 2 is 1.70 bits per heavy atom. The lowest BCUT2D eigenvalue weighted by Crippen LogP contribution is -2.50. The zero-order valence-electron chi connectivity index (χ0n) is 24.3. The molecule has 3 aliphatic rings. The molecule has 1 saturated carbocycles. The van der Waals surface area contributed by atoms with Crippen molar-refractivity contribution in [2.75, 3.05) is 0 Å². The Morgan fingerprint density at radius 1 is 0.977 bits per heavy atom. The molecule has 9 nitrogen and oxygen atoms in total. The topological polar surface area (TPSA) is 151 Å². The summed E-state index contributed by atoms with van der Waals surface area (Å²) in [5, 5.41) is 42.9. The molecule has 4 unspecified atom stereocenters. The van der Waals surface area contributed by atoms with Gasteiger partial charge in [-0.05, 0) is 73.9 Å². The van der Waals surface area contributed by atoms with E-state index in [0.717, 1.165) is 0 Å². The molecule has 1 aliphatic carbocycles. The van der Waals surface area contributed by atoms with Crippen LogP contribution in [0.15, 0.2) is 42.0 Å². The molecule has 0 radical (unpaired) electrons. The van der Waals surface area contributed by atoms with Crippen LogP contribution in [0.5, 0.6) is 17.2 Å². The molecule has 0 saturated heterocycles. The van der Waals surface area contributed by atoms with Crippen LogP contribution < -0.4 is 4.74 Å². The smallest absolute Gasteiger partial charge is 0.334 e. The molecule has 43 heavy (non-hydrogen) atoms. The number of esters is 2. The van der Waals surface area contributed by atoms with E-state index in [1.54, 1.807) is 32.1 Å². The number of aromatic hydroxyl groups is 2. The Kier molecular flexibility index (Phi) is 8.63. The number of aliphatic hydroxyl groups is 2. The van der Waals surface area contributed by atoms with Crippen molar-refractivity contribution in [2.24, 2.45) is 5.92 Å². The van der Waals surface area contributed by atoms with Gasteiger partial charge in [-0.2, -0.15) is 0 Å². The molecule has 9 heteroatoms. The second-order valence-corrected chi connectivity index (χ2v) is 11.8. The number of allylic oxidation sites excluding steroid dienone is 1. The molecule has 4 N–H and O–H groups in total. The van der Waals surface area contributed by atoms with Gasteiger partial charge in [0.25, 0.3) is 0 Å². The largest absolute Gasteiger partial charge is 0.508 e. The fourth-order valence-electron chi connectivity index (χ4n) is 6.27. The SMILES string of the molecule is CC=C1CC(c2cc(O)cc(CO)c2)C#CC2CC(=O)Oc3cc(O)c(cc32)CC(C(C)(O)C2CCC(=O)CC2)OC1=O. The normalized spacial score (nSPS) is 25.3. The molecule has 4 atom stereocenters. The van der Waals surface area contributed by atoms with Crippen molar-refractivity contribution in [3.8, 4) is 29.1 Å². The Bertz CT molecular complexity index is 1530. The number of carbonyl (C=O) groups is 3. The van der Waals surface area contributed by atoms with Crippen LogP contribution in [0, 0.1) is 17.8 Å². The summed E-state index contributed by atoms with van der Waals surface area (Å²) in [6.45, 7) is 2.99. The van der Waals surface area contributed by atoms with E-state index in [4.69, 9.17) is 9.47 Å². The molecule has 2 aliphatic heterocycles. The summed E-state index contributed by atoms with van der Waals surface area (Å²) in [7, 11) is 0. The van der Waals surface area contributed by atoms with Crippen LogP contribution in [0.2, 0.25) is 0 Å². The number of cyclic esters (lactones) is 1. The van der Waals surface area contributed by atoms with Gasteiger partial charge in [0, 0.05) is 42.4 Å². The van der Waals surface area contributed by atoms with Crippen LogP contribution in [-0.2, 0) is 32.1 Å². The first-order chi connectivity index (χ1) is 20.5. The van der Waals surface area contributed by atoms with E-state index >= 15 is 0 Å². The minimum atomic E-state index is -1.53. The number of phenols is 2. The molecule has 2 aromatic carbocycles. The minimum absolute atomic E-state index is 0.0246. The fraction of sp³-hybridized carbons (Fsp3) is 0.441. The summed E-state index contributed by atoms with van der Waals surface area (Å²) in [5.41, 5.74) is 0.778. The molecule has 2 heterocycles. The number of fused-ring (bicyclic) bond motifs is 1. The number of rotatable bonds is 4. The summed E-state index contributed by atoms with van der Waals surface area (Å²) >= 11 is 0. The number of carbonyl (C=O) groups excluding carboxylic acids is 3. The van der Waals surface area contributed by atoms with Gasteiger partial charge in [-0.25, -0.2) is 4.79 Å². The van der Waals surface area contributed by atoms with Gasteiger partial charge in [-0.1, -0.05) is 24.0 Å². The predicted octanol–water partition coefficient (Wildman–Crippen LogP) is 4.08. The van der Waals surface area contributed by atoms with Gasteiger partial charge in [0.15, 0.2) is 0 Å². The molecule has 2 aromatic rings. The molecule has 0 aromatic heterocycles. The van der Waals surface area contributed by atoms with Crippen LogP contribution >= 0.6 is 0 Å². The standard InChI is InChI=1S/C34H36O9/c1-3-20-12-21(23-10-19(18-35)11-27(37)13-23)4-5-22-16-32(39)42-30-17-29(38)24(14-28(22)30)15-31(43-33(20)40)34(2,41)25-6-8-26(36)9-7-25/h3,10-11,13-14,17,21-22,25,31,35,37-38,41H,6-9,12,15-16,18H2,1-2H3. The van der Waals surface area contributed by atoms with Gasteiger partial charge in [-0.15, -0.1) is 0 Å². The second kappa shape index (κ2) is 12.2. The highest BCUT2D eigenvalue weighted by atomic mass is 16.6. The van der Waals surface area contributed by atoms with E-state index in [2.05, 4.69) is 11.8 Å². The number of ether oxygens (including phenoxy) is 2. The number of hydrogen-bond donors (Lipinski definition) is 4. The highest BCUT2D eigenvalue weighted by Gasteiger charge is 2.44. The average Bonchev–Trinajstić information content (AvgIpc) is 2.97. The van der Waals surface area contributed by atoms with E-state index < -0.39 is 35.5 Å². The molecular weight excluding hydrogens is 552 g/mol. The Labute approximate surface area is 250 Å². The molecule has 2 bridgehead atoms. The third kappa shape index (κ3) is 6.46. The number of aliphatic hydroxyl groups excluding tert-OH is 1. The van der Waals surface area contributed by atoms with E-state index in [1.807, 2.05) is 0 Å². The Morgan fingerprint density at radius 3 is 2.40 bits per heavy atom.